The Kier molecular flexibility index (Phi) is 12.3. The fraction of sp³-hybridized carbons (Fsp3) is 0.471. The van der Waals surface area contributed by atoms with Crippen molar-refractivity contribution in [2.45, 2.75) is 83.6 Å². The lowest BCUT2D eigenvalue weighted by Gasteiger charge is -2.50. The molecule has 2 amide bonds. The molecule has 0 bridgehead atoms. The number of hydrogen-bond acceptors (Lipinski definition) is 9. The van der Waals surface area contributed by atoms with Crippen LogP contribution in [0.15, 0.2) is 60.7 Å². The molecule has 45 heavy (non-hydrogen) atoms. The molecule has 1 aliphatic heterocycles. The van der Waals surface area contributed by atoms with Gasteiger partial charge in [0.15, 0.2) is 11.6 Å². The van der Waals surface area contributed by atoms with Crippen molar-refractivity contribution in [2.75, 3.05) is 6.54 Å². The summed E-state index contributed by atoms with van der Waals surface area (Å²) in [4.78, 5) is 71.6. The third-order valence-corrected chi connectivity index (χ3v) is 8.13. The number of nitrogens with zero attached hydrogens (tertiary/aromatic N) is 1. The topological polar surface area (TPSA) is 186 Å². The Labute approximate surface area is 264 Å². The van der Waals surface area contributed by atoms with Gasteiger partial charge in [0.2, 0.25) is 11.8 Å². The zero-order valence-corrected chi connectivity index (χ0v) is 26.5. The summed E-state index contributed by atoms with van der Waals surface area (Å²) in [6.45, 7) is 6.15. The molecule has 1 saturated heterocycles. The van der Waals surface area contributed by atoms with Gasteiger partial charge in [0.1, 0.15) is 6.61 Å². The van der Waals surface area contributed by atoms with Gasteiger partial charge in [0.25, 0.3) is 5.54 Å². The van der Waals surface area contributed by atoms with Gasteiger partial charge in [0, 0.05) is 18.7 Å². The summed E-state index contributed by atoms with van der Waals surface area (Å²) in [5, 5.41) is 11.8. The van der Waals surface area contributed by atoms with Gasteiger partial charge in [0.05, 0.1) is 24.0 Å². The Hall–Kier alpha value is -4.22. The molecular formula is C34H45N5O6. The average Bonchev–Trinajstić information content (AvgIpc) is 3.03. The van der Waals surface area contributed by atoms with Crippen LogP contribution in [0.2, 0.25) is 0 Å². The summed E-state index contributed by atoms with van der Waals surface area (Å²) in [5.74, 6) is -6.37. The summed E-state index contributed by atoms with van der Waals surface area (Å²) in [7, 11) is 0. The number of nitrogens with one attached hydrogen (secondary N) is 2. The maximum absolute atomic E-state index is 14.8. The maximum atomic E-state index is 14.8. The van der Waals surface area contributed by atoms with E-state index >= 15 is 0 Å². The summed E-state index contributed by atoms with van der Waals surface area (Å²) >= 11 is 0. The molecule has 2 aromatic rings. The lowest BCUT2D eigenvalue weighted by molar-refractivity contribution is -0.177. The largest absolute Gasteiger partial charge is 0.458 e. The number of Topliss-reactive ketones (excluding diaryl/α,β-unsaturated/α-hetero) is 2. The van der Waals surface area contributed by atoms with Crippen molar-refractivity contribution >= 4 is 35.1 Å². The van der Waals surface area contributed by atoms with Crippen LogP contribution in [-0.4, -0.2) is 64.1 Å². The zero-order chi connectivity index (χ0) is 33.3. The van der Waals surface area contributed by atoms with E-state index in [1.54, 1.807) is 74.5 Å². The lowest BCUT2D eigenvalue weighted by Crippen LogP contribution is -2.76. The smallest absolute Gasteiger partial charge is 0.348 e. The minimum Gasteiger partial charge on any atom is -0.458 e. The SMILES string of the molecule is CCCCCC(=O)C1(C(=O)OCc2ccccc2)C(=O)C(CNC(=O)[C@H](C)N)C(=N)C(c2ccccc2)N1C(=O)[C@@H](N)C(C)C. The van der Waals surface area contributed by atoms with Crippen LogP contribution in [0, 0.1) is 17.2 Å². The highest BCUT2D eigenvalue weighted by Crippen LogP contribution is 2.42. The number of ketones is 2. The quantitative estimate of drug-likeness (QED) is 0.141. The van der Waals surface area contributed by atoms with E-state index < -0.39 is 71.4 Å². The number of nitrogens with two attached hydrogens (primary N) is 2. The number of hydrogen-bond donors (Lipinski definition) is 4. The summed E-state index contributed by atoms with van der Waals surface area (Å²) < 4.78 is 5.73. The number of piperidine rings is 1. The molecule has 3 unspecified atom stereocenters. The molecular weight excluding hydrogens is 574 g/mol. The van der Waals surface area contributed by atoms with Gasteiger partial charge < -0.3 is 31.8 Å². The molecule has 242 valence electrons. The van der Waals surface area contributed by atoms with Crippen molar-refractivity contribution in [1.29, 1.82) is 5.41 Å². The predicted molar refractivity (Wildman–Crippen MR) is 170 cm³/mol. The van der Waals surface area contributed by atoms with Crippen LogP contribution < -0.4 is 16.8 Å². The number of amides is 2. The van der Waals surface area contributed by atoms with Crippen molar-refractivity contribution in [3.8, 4) is 0 Å². The number of rotatable bonds is 14. The second-order valence-electron chi connectivity index (χ2n) is 11.8. The molecule has 0 saturated carbocycles. The van der Waals surface area contributed by atoms with Crippen LogP contribution in [0.5, 0.6) is 0 Å². The van der Waals surface area contributed by atoms with Crippen LogP contribution in [0.3, 0.4) is 0 Å². The number of likely N-dealkylation sites (tertiary alicyclic amines) is 1. The molecule has 11 heteroatoms. The minimum absolute atomic E-state index is 0.200. The second-order valence-corrected chi connectivity index (χ2v) is 11.8. The number of esters is 1. The van der Waals surface area contributed by atoms with E-state index in [1.807, 2.05) is 6.92 Å². The van der Waals surface area contributed by atoms with Gasteiger partial charge in [-0.3, -0.25) is 19.2 Å². The number of carbonyl (C=O) groups is 5. The Morgan fingerprint density at radius 1 is 0.978 bits per heavy atom. The van der Waals surface area contributed by atoms with E-state index in [4.69, 9.17) is 16.2 Å². The van der Waals surface area contributed by atoms with E-state index in [-0.39, 0.29) is 18.7 Å². The number of ether oxygens (including phenoxy) is 1. The number of benzene rings is 2. The van der Waals surface area contributed by atoms with Crippen LogP contribution in [0.1, 0.15) is 70.5 Å². The lowest BCUT2D eigenvalue weighted by atomic mass is 9.69. The molecule has 6 N–H and O–H groups in total. The van der Waals surface area contributed by atoms with E-state index in [1.165, 1.54) is 6.92 Å². The summed E-state index contributed by atoms with van der Waals surface area (Å²) in [6, 6.07) is 13.7. The van der Waals surface area contributed by atoms with Crippen molar-refractivity contribution in [3.63, 3.8) is 0 Å². The minimum atomic E-state index is -2.76. The average molecular weight is 620 g/mol. The summed E-state index contributed by atoms with van der Waals surface area (Å²) in [6.07, 6.45) is 1.56. The van der Waals surface area contributed by atoms with Crippen LogP contribution in [0.25, 0.3) is 0 Å². The molecule has 0 spiro atoms. The van der Waals surface area contributed by atoms with Crippen molar-refractivity contribution < 1.29 is 28.7 Å². The molecule has 2 aromatic carbocycles. The molecule has 0 aromatic heterocycles. The Bertz CT molecular complexity index is 1380. The highest BCUT2D eigenvalue weighted by atomic mass is 16.5. The van der Waals surface area contributed by atoms with Gasteiger partial charge in [-0.1, -0.05) is 94.3 Å². The highest BCUT2D eigenvalue weighted by Gasteiger charge is 2.67. The Morgan fingerprint density at radius 3 is 2.13 bits per heavy atom. The van der Waals surface area contributed by atoms with Gasteiger partial charge in [-0.05, 0) is 30.4 Å². The molecule has 3 rings (SSSR count). The molecule has 1 heterocycles. The fourth-order valence-corrected chi connectivity index (χ4v) is 5.43. The monoisotopic (exact) mass is 619 g/mol. The van der Waals surface area contributed by atoms with E-state index in [0.717, 1.165) is 11.3 Å². The highest BCUT2D eigenvalue weighted by molar-refractivity contribution is 6.35. The molecule has 11 nitrogen and oxygen atoms in total. The van der Waals surface area contributed by atoms with Gasteiger partial charge >= 0.3 is 5.97 Å². The first-order chi connectivity index (χ1) is 21.4. The van der Waals surface area contributed by atoms with Crippen LogP contribution in [0.4, 0.5) is 0 Å². The summed E-state index contributed by atoms with van der Waals surface area (Å²) in [5.41, 5.74) is 10.1. The van der Waals surface area contributed by atoms with Crippen molar-refractivity contribution in [2.24, 2.45) is 23.3 Å². The molecule has 5 atom stereocenters. The van der Waals surface area contributed by atoms with E-state index in [2.05, 4.69) is 5.32 Å². The number of unbranched alkanes of at least 4 members (excludes halogenated alkanes) is 2. The Balaban J connectivity index is 2.32. The fourth-order valence-electron chi connectivity index (χ4n) is 5.43. The van der Waals surface area contributed by atoms with Crippen molar-refractivity contribution in [3.05, 3.63) is 71.8 Å². The van der Waals surface area contributed by atoms with Gasteiger partial charge in [-0.25, -0.2) is 4.79 Å². The first-order valence-electron chi connectivity index (χ1n) is 15.4. The van der Waals surface area contributed by atoms with E-state index in [9.17, 15) is 29.4 Å². The first kappa shape index (κ1) is 35.3. The normalized spacial score (nSPS) is 21.3. The second kappa shape index (κ2) is 15.7. The molecule has 1 aliphatic rings. The third-order valence-electron chi connectivity index (χ3n) is 8.13. The van der Waals surface area contributed by atoms with Gasteiger partial charge in [-0.15, -0.1) is 0 Å². The molecule has 1 fully saturated rings. The molecule has 0 radical (unpaired) electrons. The maximum Gasteiger partial charge on any atom is 0.348 e. The Morgan fingerprint density at radius 2 is 1.58 bits per heavy atom. The van der Waals surface area contributed by atoms with E-state index in [0.29, 0.717) is 24.0 Å². The number of carbonyl (C=O) groups excluding carboxylic acids is 5. The third kappa shape index (κ3) is 7.54. The van der Waals surface area contributed by atoms with Crippen molar-refractivity contribution in [1.82, 2.24) is 10.2 Å². The van der Waals surface area contributed by atoms with Crippen LogP contribution in [-0.2, 0) is 35.3 Å². The molecule has 0 aliphatic carbocycles. The van der Waals surface area contributed by atoms with Crippen LogP contribution >= 0.6 is 0 Å². The first-order valence-corrected chi connectivity index (χ1v) is 15.4. The standard InChI is InChI=1S/C34H45N5O6/c1-5-6-9-18-26(40)34(33(44)45-20-23-14-10-7-11-15-23)30(41)25(19-38-31(42)22(4)35)28(37)29(24-16-12-8-13-17-24)39(34)32(43)27(36)21(2)3/h7-8,10-17,21-22,25,27,29,37H,5-6,9,18-20,35-36H2,1-4H3,(H,38,42)/t22-,25?,27-,29?,34?/m0/s1. The predicted octanol–water partition coefficient (Wildman–Crippen LogP) is 2.85. The zero-order valence-electron chi connectivity index (χ0n) is 26.5. The van der Waals surface area contributed by atoms with Gasteiger partial charge in [-0.2, -0.15) is 0 Å².